The number of nitrogens with one attached hydrogen (secondary N) is 1. The predicted octanol–water partition coefficient (Wildman–Crippen LogP) is 2.88. The van der Waals surface area contributed by atoms with Crippen molar-refractivity contribution in [1.82, 2.24) is 5.32 Å². The minimum absolute atomic E-state index is 0.000939. The maximum absolute atomic E-state index is 12.1. The Morgan fingerprint density at radius 3 is 1.63 bits per heavy atom. The van der Waals surface area contributed by atoms with Crippen LogP contribution in [-0.4, -0.2) is 60.9 Å². The molecule has 0 radical (unpaired) electrons. The Balaban J connectivity index is 4.33. The monoisotopic (exact) mass is 403 g/mol. The summed E-state index contributed by atoms with van der Waals surface area (Å²) < 4.78 is 11.1. The van der Waals surface area contributed by atoms with Crippen molar-refractivity contribution < 1.29 is 23.9 Å². The lowest BCUT2D eigenvalue weighted by Crippen LogP contribution is -2.42. The van der Waals surface area contributed by atoms with Crippen molar-refractivity contribution in [3.05, 3.63) is 0 Å². The van der Waals surface area contributed by atoms with E-state index in [0.717, 1.165) is 0 Å². The van der Waals surface area contributed by atoms with Gasteiger partial charge in [0.05, 0.1) is 38.2 Å². The van der Waals surface area contributed by atoms with Crippen molar-refractivity contribution in [3.63, 3.8) is 0 Å². The zero-order valence-electron chi connectivity index (χ0n) is 17.7. The topological polar surface area (TPSA) is 81.7 Å². The fraction of sp³-hybridized carbons (Fsp3) is 0.850. The number of carbonyl (C=O) groups is 3. The van der Waals surface area contributed by atoms with E-state index in [4.69, 9.17) is 9.47 Å². The summed E-state index contributed by atoms with van der Waals surface area (Å²) in [6.45, 7) is 12.8. The van der Waals surface area contributed by atoms with E-state index in [0.29, 0.717) is 37.1 Å². The van der Waals surface area contributed by atoms with E-state index in [2.05, 4.69) is 5.32 Å². The largest absolute Gasteiger partial charge is 0.379 e. The number of thioether (sulfide) groups is 1. The maximum atomic E-state index is 12.1. The molecule has 7 heteroatoms. The fourth-order valence-electron chi connectivity index (χ4n) is 2.02. The summed E-state index contributed by atoms with van der Waals surface area (Å²) in [4.78, 5) is 35.3. The Kier molecular flexibility index (Phi) is 14.5. The van der Waals surface area contributed by atoms with Gasteiger partial charge in [0.1, 0.15) is 11.6 Å². The van der Waals surface area contributed by atoms with Crippen LogP contribution in [0.3, 0.4) is 0 Å². The third-order valence-corrected chi connectivity index (χ3v) is 4.92. The molecule has 1 amide bonds. The number of ketones is 2. The first-order valence-electron chi connectivity index (χ1n) is 9.75. The van der Waals surface area contributed by atoms with Gasteiger partial charge in [0.25, 0.3) is 0 Å². The van der Waals surface area contributed by atoms with Gasteiger partial charge < -0.3 is 14.8 Å². The van der Waals surface area contributed by atoms with Crippen LogP contribution in [0.25, 0.3) is 0 Å². The molecule has 0 heterocycles. The zero-order valence-corrected chi connectivity index (χ0v) is 18.5. The van der Waals surface area contributed by atoms with Crippen LogP contribution in [0.5, 0.6) is 0 Å². The number of hydrogen-bond acceptors (Lipinski definition) is 6. The van der Waals surface area contributed by atoms with Crippen LogP contribution < -0.4 is 5.32 Å². The molecule has 0 saturated carbocycles. The number of hydrogen-bond donors (Lipinski definition) is 1. The van der Waals surface area contributed by atoms with E-state index in [9.17, 15) is 14.4 Å². The molecule has 0 fully saturated rings. The third kappa shape index (κ3) is 14.8. The van der Waals surface area contributed by atoms with E-state index in [1.165, 1.54) is 0 Å². The van der Waals surface area contributed by atoms with Gasteiger partial charge in [-0.1, -0.05) is 41.5 Å². The van der Waals surface area contributed by atoms with E-state index in [-0.39, 0.29) is 48.6 Å². The van der Waals surface area contributed by atoms with Crippen LogP contribution in [0.15, 0.2) is 0 Å². The smallest absolute Gasteiger partial charge is 0.230 e. The normalized spacial score (nSPS) is 11.6. The van der Waals surface area contributed by atoms with Crippen molar-refractivity contribution in [2.75, 3.05) is 32.2 Å². The van der Waals surface area contributed by atoms with Crippen molar-refractivity contribution in [2.24, 2.45) is 11.8 Å². The van der Waals surface area contributed by atoms with Crippen LogP contribution in [-0.2, 0) is 23.9 Å². The van der Waals surface area contributed by atoms with Gasteiger partial charge >= 0.3 is 0 Å². The average Bonchev–Trinajstić information content (AvgIpc) is 2.59. The summed E-state index contributed by atoms with van der Waals surface area (Å²) in [6, 6.07) is -0.298. The Bertz CT molecular complexity index is 424. The van der Waals surface area contributed by atoms with Crippen LogP contribution in [0.2, 0.25) is 0 Å². The summed E-state index contributed by atoms with van der Waals surface area (Å²) in [6.07, 6.45) is 0.733. The predicted molar refractivity (Wildman–Crippen MR) is 110 cm³/mol. The first-order valence-corrected chi connectivity index (χ1v) is 10.8. The second-order valence-corrected chi connectivity index (χ2v) is 9.08. The Labute approximate surface area is 168 Å². The molecule has 158 valence electrons. The highest BCUT2D eigenvalue weighted by Crippen LogP contribution is 2.08. The van der Waals surface area contributed by atoms with Gasteiger partial charge in [-0.15, -0.1) is 11.8 Å². The molecular weight excluding hydrogens is 366 g/mol. The molecule has 0 aromatic carbocycles. The van der Waals surface area contributed by atoms with E-state index in [1.54, 1.807) is 11.8 Å². The average molecular weight is 404 g/mol. The molecular formula is C20H37NO5S. The van der Waals surface area contributed by atoms with Crippen LogP contribution in [0.1, 0.15) is 54.4 Å². The Morgan fingerprint density at radius 1 is 0.815 bits per heavy atom. The lowest BCUT2D eigenvalue weighted by Gasteiger charge is -2.19. The van der Waals surface area contributed by atoms with Crippen molar-refractivity contribution in [3.8, 4) is 0 Å². The third-order valence-electron chi connectivity index (χ3n) is 3.82. The highest BCUT2D eigenvalue weighted by molar-refractivity contribution is 8.00. The number of rotatable bonds is 16. The lowest BCUT2D eigenvalue weighted by molar-refractivity contribution is -0.124. The quantitative estimate of drug-likeness (QED) is 0.399. The summed E-state index contributed by atoms with van der Waals surface area (Å²) in [5, 5.41) is 3.29. The summed E-state index contributed by atoms with van der Waals surface area (Å²) >= 11 is 1.57. The maximum Gasteiger partial charge on any atom is 0.230 e. The molecule has 0 saturated heterocycles. The summed E-state index contributed by atoms with van der Waals surface area (Å²) in [5.41, 5.74) is 0. The van der Waals surface area contributed by atoms with E-state index in [1.807, 2.05) is 41.5 Å². The number of Topliss-reactive ketones (excluding diaryl/α,β-unsaturated/α-hetero) is 2. The molecule has 0 aliphatic heterocycles. The van der Waals surface area contributed by atoms with Gasteiger partial charge in [-0.05, 0) is 5.25 Å². The van der Waals surface area contributed by atoms with Gasteiger partial charge in [0.2, 0.25) is 5.91 Å². The SMILES string of the molecule is CC(C)SCC(=O)NC(COCCC(=O)C(C)C)COCCC(=O)C(C)C. The molecule has 0 bridgehead atoms. The molecule has 0 spiro atoms. The molecule has 0 aromatic rings. The highest BCUT2D eigenvalue weighted by Gasteiger charge is 2.15. The number of carbonyl (C=O) groups excluding carboxylic acids is 3. The van der Waals surface area contributed by atoms with E-state index >= 15 is 0 Å². The van der Waals surface area contributed by atoms with Gasteiger partial charge in [0, 0.05) is 24.7 Å². The highest BCUT2D eigenvalue weighted by atomic mass is 32.2. The minimum atomic E-state index is -0.298. The molecule has 27 heavy (non-hydrogen) atoms. The lowest BCUT2D eigenvalue weighted by atomic mass is 10.1. The number of ether oxygens (including phenoxy) is 2. The van der Waals surface area contributed by atoms with Crippen LogP contribution >= 0.6 is 11.8 Å². The molecule has 1 N–H and O–H groups in total. The van der Waals surface area contributed by atoms with Crippen molar-refractivity contribution >= 4 is 29.2 Å². The Morgan fingerprint density at radius 2 is 1.26 bits per heavy atom. The van der Waals surface area contributed by atoms with Gasteiger partial charge in [-0.25, -0.2) is 0 Å². The molecule has 0 aromatic heterocycles. The first-order chi connectivity index (χ1) is 12.6. The van der Waals surface area contributed by atoms with E-state index < -0.39 is 0 Å². The van der Waals surface area contributed by atoms with Gasteiger partial charge in [-0.2, -0.15) is 0 Å². The standard InChI is InChI=1S/C20H37NO5S/c1-14(2)18(22)7-9-25-11-17(21-20(24)13-27-16(5)6)12-26-10-8-19(23)15(3)4/h14-17H,7-13H2,1-6H3,(H,21,24). The van der Waals surface area contributed by atoms with Crippen LogP contribution in [0.4, 0.5) is 0 Å². The molecule has 6 nitrogen and oxygen atoms in total. The molecule has 0 rings (SSSR count). The second-order valence-electron chi connectivity index (χ2n) is 7.52. The Hall–Kier alpha value is -0.920. The fourth-order valence-corrected chi connectivity index (χ4v) is 2.59. The summed E-state index contributed by atoms with van der Waals surface area (Å²) in [5.74, 6) is 0.631. The first kappa shape index (κ1) is 26.1. The van der Waals surface area contributed by atoms with Gasteiger partial charge in [-0.3, -0.25) is 14.4 Å². The molecule has 0 aliphatic rings. The zero-order chi connectivity index (χ0) is 20.8. The summed E-state index contributed by atoms with van der Waals surface area (Å²) in [7, 11) is 0. The van der Waals surface area contributed by atoms with Crippen molar-refractivity contribution in [2.45, 2.75) is 65.7 Å². The molecule has 0 atom stereocenters. The molecule has 0 aliphatic carbocycles. The van der Waals surface area contributed by atoms with Crippen molar-refractivity contribution in [1.29, 1.82) is 0 Å². The second kappa shape index (κ2) is 15.1. The minimum Gasteiger partial charge on any atom is -0.379 e. The molecule has 0 unspecified atom stereocenters. The van der Waals surface area contributed by atoms with Gasteiger partial charge in [0.15, 0.2) is 0 Å². The number of amides is 1. The van der Waals surface area contributed by atoms with Crippen LogP contribution in [0, 0.1) is 11.8 Å².